The third-order valence-electron chi connectivity index (χ3n) is 7.47. The van der Waals surface area contributed by atoms with Crippen molar-refractivity contribution < 1.29 is 13.9 Å². The topological polar surface area (TPSA) is 18.5 Å². The van der Waals surface area contributed by atoms with Crippen LogP contribution in [0.4, 0.5) is 4.39 Å². The Hall–Kier alpha value is -0.900. The molecule has 0 spiro atoms. The fourth-order valence-corrected chi connectivity index (χ4v) is 5.88. The first-order valence-electron chi connectivity index (χ1n) is 11.4. The fraction of sp³-hybridized carbons (Fsp3) is 0.680. The van der Waals surface area contributed by atoms with Crippen molar-refractivity contribution in [1.29, 1.82) is 0 Å². The number of hydrogen-bond acceptors (Lipinski definition) is 2. The maximum atomic E-state index is 13.8. The van der Waals surface area contributed by atoms with E-state index >= 15 is 0 Å². The molecule has 0 atom stereocenters. The molecular weight excluding hydrogens is 387 g/mol. The van der Waals surface area contributed by atoms with Gasteiger partial charge in [0.1, 0.15) is 5.82 Å². The van der Waals surface area contributed by atoms with Gasteiger partial charge in [0.25, 0.3) is 0 Å². The van der Waals surface area contributed by atoms with Gasteiger partial charge in [-0.15, -0.1) is 0 Å². The van der Waals surface area contributed by atoms with Crippen LogP contribution in [-0.4, -0.2) is 19.5 Å². The molecule has 0 amide bonds. The molecule has 2 nitrogen and oxygen atoms in total. The van der Waals surface area contributed by atoms with E-state index in [0.29, 0.717) is 17.8 Å². The van der Waals surface area contributed by atoms with Crippen LogP contribution in [0, 0.1) is 29.5 Å². The molecule has 29 heavy (non-hydrogen) atoms. The van der Waals surface area contributed by atoms with Gasteiger partial charge < -0.3 is 9.47 Å². The van der Waals surface area contributed by atoms with E-state index in [9.17, 15) is 4.39 Å². The minimum Gasteiger partial charge on any atom is -0.352 e. The summed E-state index contributed by atoms with van der Waals surface area (Å²) in [6, 6.07) is 5.35. The summed E-state index contributed by atoms with van der Waals surface area (Å²) in [5.41, 5.74) is 1.12. The highest BCUT2D eigenvalue weighted by atomic mass is 35.5. The lowest BCUT2D eigenvalue weighted by Crippen LogP contribution is -2.38. The summed E-state index contributed by atoms with van der Waals surface area (Å²) in [4.78, 5) is 0. The Labute approximate surface area is 179 Å². The summed E-state index contributed by atoms with van der Waals surface area (Å²) >= 11 is 5.84. The lowest BCUT2D eigenvalue weighted by molar-refractivity contribution is -0.223. The van der Waals surface area contributed by atoms with E-state index in [-0.39, 0.29) is 17.1 Å². The van der Waals surface area contributed by atoms with Gasteiger partial charge in [-0.05, 0) is 93.7 Å². The predicted molar refractivity (Wildman–Crippen MR) is 116 cm³/mol. The van der Waals surface area contributed by atoms with Crippen LogP contribution in [0.15, 0.2) is 30.4 Å². The highest BCUT2D eigenvalue weighted by Gasteiger charge is 2.35. The molecule has 1 aromatic rings. The molecule has 1 heterocycles. The van der Waals surface area contributed by atoms with E-state index in [4.69, 9.17) is 21.1 Å². The van der Waals surface area contributed by atoms with Gasteiger partial charge in [-0.25, -0.2) is 4.39 Å². The fourth-order valence-electron chi connectivity index (χ4n) is 5.77. The Bertz CT molecular complexity index is 682. The zero-order chi connectivity index (χ0) is 20.2. The van der Waals surface area contributed by atoms with Crippen molar-refractivity contribution in [2.24, 2.45) is 23.7 Å². The molecule has 0 radical (unpaired) electrons. The first-order chi connectivity index (χ1) is 14.1. The average molecular weight is 421 g/mol. The molecule has 1 aliphatic heterocycles. The third-order valence-corrected chi connectivity index (χ3v) is 7.78. The Morgan fingerprint density at radius 3 is 2.07 bits per heavy atom. The summed E-state index contributed by atoms with van der Waals surface area (Å²) < 4.78 is 25.9. The van der Waals surface area contributed by atoms with Crippen LogP contribution in [0.2, 0.25) is 5.02 Å². The van der Waals surface area contributed by atoms with E-state index in [1.807, 2.05) is 6.07 Å². The van der Waals surface area contributed by atoms with Crippen molar-refractivity contribution >= 4 is 11.6 Å². The quantitative estimate of drug-likeness (QED) is 0.482. The number of hydrogen-bond donors (Lipinski definition) is 0. The molecule has 3 fully saturated rings. The van der Waals surface area contributed by atoms with Crippen molar-refractivity contribution in [1.82, 2.24) is 0 Å². The van der Waals surface area contributed by atoms with Gasteiger partial charge in [-0.1, -0.05) is 29.8 Å². The second-order valence-electron chi connectivity index (χ2n) is 9.28. The van der Waals surface area contributed by atoms with Gasteiger partial charge in [-0.3, -0.25) is 0 Å². The van der Waals surface area contributed by atoms with Crippen molar-refractivity contribution in [2.75, 3.05) is 13.2 Å². The van der Waals surface area contributed by atoms with Gasteiger partial charge in [0, 0.05) is 11.8 Å². The van der Waals surface area contributed by atoms with E-state index in [1.165, 1.54) is 51.4 Å². The minimum absolute atomic E-state index is 0.00740. The zero-order valence-corrected chi connectivity index (χ0v) is 18.3. The minimum atomic E-state index is -0.284. The normalized spacial score (nSPS) is 36.4. The first kappa shape index (κ1) is 21.3. The van der Waals surface area contributed by atoms with Crippen molar-refractivity contribution in [3.8, 4) is 0 Å². The third kappa shape index (κ3) is 5.24. The Kier molecular flexibility index (Phi) is 7.31. The molecule has 0 aromatic heterocycles. The van der Waals surface area contributed by atoms with E-state index in [0.717, 1.165) is 30.6 Å². The van der Waals surface area contributed by atoms with E-state index < -0.39 is 0 Å². The van der Waals surface area contributed by atoms with E-state index in [1.54, 1.807) is 12.1 Å². The molecule has 0 bridgehead atoms. The number of benzene rings is 1. The molecule has 1 saturated heterocycles. The zero-order valence-electron chi connectivity index (χ0n) is 17.5. The average Bonchev–Trinajstić information content (AvgIpc) is 2.77. The maximum absolute atomic E-state index is 13.8. The van der Waals surface area contributed by atoms with Crippen molar-refractivity contribution in [2.45, 2.75) is 70.5 Å². The number of allylic oxidation sites excluding steroid dienone is 1. The van der Waals surface area contributed by atoms with Crippen LogP contribution in [-0.2, 0) is 9.47 Å². The molecule has 160 valence electrons. The second kappa shape index (κ2) is 9.94. The molecule has 0 unspecified atom stereocenters. The molecule has 1 aromatic carbocycles. The summed E-state index contributed by atoms with van der Waals surface area (Å²) in [7, 11) is 0. The number of ether oxygens (including phenoxy) is 2. The van der Waals surface area contributed by atoms with Gasteiger partial charge in [-0.2, -0.15) is 0 Å². The van der Waals surface area contributed by atoms with Crippen molar-refractivity contribution in [3.63, 3.8) is 0 Å². The highest BCUT2D eigenvalue weighted by molar-refractivity contribution is 6.30. The molecule has 3 aliphatic rings. The molecule has 4 heteroatoms. The van der Waals surface area contributed by atoms with Crippen LogP contribution in [0.5, 0.6) is 0 Å². The molecular formula is C25H34ClFO2. The number of rotatable bonds is 4. The smallest absolute Gasteiger partial charge is 0.160 e. The van der Waals surface area contributed by atoms with Gasteiger partial charge in [0.05, 0.1) is 18.2 Å². The lowest BCUT2D eigenvalue weighted by Gasteiger charge is -2.41. The van der Waals surface area contributed by atoms with Crippen LogP contribution in [0.3, 0.4) is 0 Å². The predicted octanol–water partition coefficient (Wildman–Crippen LogP) is 7.12. The second-order valence-corrected chi connectivity index (χ2v) is 9.69. The highest BCUT2D eigenvalue weighted by Crippen LogP contribution is 2.45. The summed E-state index contributed by atoms with van der Waals surface area (Å²) in [6.45, 7) is 3.64. The largest absolute Gasteiger partial charge is 0.352 e. The molecule has 0 N–H and O–H groups in total. The number of halogens is 2. The lowest BCUT2D eigenvalue weighted by atomic mass is 9.68. The molecule has 2 saturated carbocycles. The van der Waals surface area contributed by atoms with Gasteiger partial charge >= 0.3 is 0 Å². The Morgan fingerprint density at radius 1 is 0.897 bits per heavy atom. The van der Waals surface area contributed by atoms with Crippen LogP contribution < -0.4 is 0 Å². The van der Waals surface area contributed by atoms with Gasteiger partial charge in [0.15, 0.2) is 6.29 Å². The molecule has 4 rings (SSSR count). The molecule has 2 aliphatic carbocycles. The van der Waals surface area contributed by atoms with E-state index in [2.05, 4.69) is 19.1 Å². The summed E-state index contributed by atoms with van der Waals surface area (Å²) in [5.74, 6) is 2.85. The van der Waals surface area contributed by atoms with Crippen molar-refractivity contribution in [3.05, 3.63) is 46.8 Å². The van der Waals surface area contributed by atoms with Crippen LogP contribution in [0.25, 0.3) is 0 Å². The maximum Gasteiger partial charge on any atom is 0.160 e. The summed E-state index contributed by atoms with van der Waals surface area (Å²) in [5, 5.41) is 0.225. The monoisotopic (exact) mass is 420 g/mol. The first-order valence-corrected chi connectivity index (χ1v) is 11.8. The van der Waals surface area contributed by atoms with Crippen LogP contribution >= 0.6 is 11.6 Å². The summed E-state index contributed by atoms with van der Waals surface area (Å²) in [6.07, 6.45) is 14.2. The standard InChI is InChI=1S/C25H34ClFO2/c1-2-3-17-15-28-25(29-16-17)21-10-8-19(9-11-21)18-4-6-20(7-5-18)22-12-13-23(26)24(27)14-22/h2-3,12-14,17-21,25H,4-11,15-16H2,1H3. The Balaban J connectivity index is 1.21. The van der Waals surface area contributed by atoms with Gasteiger partial charge in [0.2, 0.25) is 0 Å². The Morgan fingerprint density at radius 2 is 1.48 bits per heavy atom. The van der Waals surface area contributed by atoms with Crippen LogP contribution in [0.1, 0.15) is 69.8 Å². The SMILES string of the molecule is CC=CC1COC(C2CCC(C3CCC(c4ccc(Cl)c(F)c4)CC3)CC2)OC1.